The van der Waals surface area contributed by atoms with Crippen molar-refractivity contribution < 1.29 is 13.2 Å². The van der Waals surface area contributed by atoms with Gasteiger partial charge < -0.3 is 4.74 Å². The second-order valence-corrected chi connectivity index (χ2v) is 6.39. The number of hydrogen-bond donors (Lipinski definition) is 0. The van der Waals surface area contributed by atoms with E-state index in [1.807, 2.05) is 6.92 Å². The Morgan fingerprint density at radius 1 is 1.33 bits per heavy atom. The van der Waals surface area contributed by atoms with E-state index in [9.17, 15) is 8.42 Å². The number of methoxy groups -OCH3 is 1. The van der Waals surface area contributed by atoms with E-state index in [2.05, 4.69) is 0 Å². The molecule has 100 valence electrons. The number of nitrogens with zero attached hydrogens (tertiary/aromatic N) is 1. The molecule has 0 aromatic heterocycles. The SMILES string of the molecule is CCC1CCCN1S(=O)(=O)c1ccc(OC)cc1. The molecule has 0 bridgehead atoms. The molecule has 0 saturated carbocycles. The molecule has 1 aliphatic rings. The van der Waals surface area contributed by atoms with E-state index in [-0.39, 0.29) is 6.04 Å². The zero-order chi connectivity index (χ0) is 13.2. The Balaban J connectivity index is 2.29. The van der Waals surface area contributed by atoms with Gasteiger partial charge in [0, 0.05) is 12.6 Å². The molecule has 0 spiro atoms. The van der Waals surface area contributed by atoms with Gasteiger partial charge in [-0.05, 0) is 43.5 Å². The average Bonchev–Trinajstić information content (AvgIpc) is 2.88. The van der Waals surface area contributed by atoms with Crippen molar-refractivity contribution in [1.29, 1.82) is 0 Å². The standard InChI is InChI=1S/C13H19NO3S/c1-3-11-5-4-10-14(11)18(15,16)13-8-6-12(17-2)7-9-13/h6-9,11H,3-5,10H2,1-2H3. The quantitative estimate of drug-likeness (QED) is 0.842. The maximum atomic E-state index is 12.5. The Hall–Kier alpha value is -1.07. The van der Waals surface area contributed by atoms with Crippen molar-refractivity contribution in [3.8, 4) is 5.75 Å². The summed E-state index contributed by atoms with van der Waals surface area (Å²) in [6.07, 6.45) is 2.79. The molecule has 1 aromatic rings. The van der Waals surface area contributed by atoms with Crippen LogP contribution in [0.2, 0.25) is 0 Å². The van der Waals surface area contributed by atoms with Crippen molar-refractivity contribution in [2.24, 2.45) is 0 Å². The monoisotopic (exact) mass is 269 g/mol. The highest BCUT2D eigenvalue weighted by Crippen LogP contribution is 2.28. The molecule has 5 heteroatoms. The maximum Gasteiger partial charge on any atom is 0.243 e. The van der Waals surface area contributed by atoms with Crippen molar-refractivity contribution in [2.45, 2.75) is 37.1 Å². The topological polar surface area (TPSA) is 46.6 Å². The van der Waals surface area contributed by atoms with Gasteiger partial charge in [0.05, 0.1) is 12.0 Å². The van der Waals surface area contributed by atoms with Crippen LogP contribution < -0.4 is 4.74 Å². The molecule has 1 saturated heterocycles. The Morgan fingerprint density at radius 2 is 2.00 bits per heavy atom. The molecule has 1 unspecified atom stereocenters. The maximum absolute atomic E-state index is 12.5. The van der Waals surface area contributed by atoms with Gasteiger partial charge in [-0.25, -0.2) is 8.42 Å². The third-order valence-corrected chi connectivity index (χ3v) is 5.43. The number of benzene rings is 1. The highest BCUT2D eigenvalue weighted by molar-refractivity contribution is 7.89. The van der Waals surface area contributed by atoms with Crippen molar-refractivity contribution in [1.82, 2.24) is 4.31 Å². The van der Waals surface area contributed by atoms with Crippen molar-refractivity contribution in [3.05, 3.63) is 24.3 Å². The Labute approximate surface area is 109 Å². The first-order valence-electron chi connectivity index (χ1n) is 6.25. The van der Waals surface area contributed by atoms with Crippen molar-refractivity contribution in [3.63, 3.8) is 0 Å². The molecule has 1 fully saturated rings. The fourth-order valence-corrected chi connectivity index (χ4v) is 4.18. The molecule has 0 N–H and O–H groups in total. The molecule has 0 radical (unpaired) electrons. The molecule has 1 aromatic carbocycles. The Kier molecular flexibility index (Phi) is 3.92. The molecule has 1 heterocycles. The summed E-state index contributed by atoms with van der Waals surface area (Å²) in [5, 5.41) is 0. The fourth-order valence-electron chi connectivity index (χ4n) is 2.42. The molecule has 1 atom stereocenters. The first-order valence-corrected chi connectivity index (χ1v) is 7.69. The average molecular weight is 269 g/mol. The minimum absolute atomic E-state index is 0.150. The Morgan fingerprint density at radius 3 is 2.56 bits per heavy atom. The van der Waals surface area contributed by atoms with Crippen molar-refractivity contribution in [2.75, 3.05) is 13.7 Å². The van der Waals surface area contributed by atoms with Gasteiger partial charge >= 0.3 is 0 Å². The lowest BCUT2D eigenvalue weighted by Gasteiger charge is -2.23. The van der Waals surface area contributed by atoms with Crippen LogP contribution in [0.5, 0.6) is 5.75 Å². The van der Waals surface area contributed by atoms with E-state index in [4.69, 9.17) is 4.74 Å². The third-order valence-electron chi connectivity index (χ3n) is 3.46. The zero-order valence-electron chi connectivity index (χ0n) is 10.8. The molecular weight excluding hydrogens is 250 g/mol. The second kappa shape index (κ2) is 5.28. The number of hydrogen-bond acceptors (Lipinski definition) is 3. The first kappa shape index (κ1) is 13.4. The lowest BCUT2D eigenvalue weighted by Crippen LogP contribution is -2.35. The molecule has 18 heavy (non-hydrogen) atoms. The smallest absolute Gasteiger partial charge is 0.243 e. The number of rotatable bonds is 4. The molecular formula is C13H19NO3S. The van der Waals surface area contributed by atoms with Gasteiger partial charge in [0.25, 0.3) is 0 Å². The normalized spacial score (nSPS) is 21.1. The Bertz CT molecular complexity index is 495. The zero-order valence-corrected chi connectivity index (χ0v) is 11.6. The van der Waals surface area contributed by atoms with Crippen LogP contribution in [0.15, 0.2) is 29.2 Å². The summed E-state index contributed by atoms with van der Waals surface area (Å²) in [4.78, 5) is 0.351. The van der Waals surface area contributed by atoms with E-state index in [0.717, 1.165) is 19.3 Å². The molecule has 0 aliphatic carbocycles. The fraction of sp³-hybridized carbons (Fsp3) is 0.538. The minimum Gasteiger partial charge on any atom is -0.497 e. The third kappa shape index (κ3) is 2.37. The van der Waals surface area contributed by atoms with Crippen LogP contribution in [0.25, 0.3) is 0 Å². The van der Waals surface area contributed by atoms with Crippen LogP contribution in [-0.4, -0.2) is 32.4 Å². The number of ether oxygens (including phenoxy) is 1. The highest BCUT2D eigenvalue weighted by Gasteiger charge is 2.33. The van der Waals surface area contributed by atoms with Crippen LogP contribution in [0, 0.1) is 0 Å². The highest BCUT2D eigenvalue weighted by atomic mass is 32.2. The van der Waals surface area contributed by atoms with E-state index < -0.39 is 10.0 Å². The first-order chi connectivity index (χ1) is 8.59. The summed E-state index contributed by atoms with van der Waals surface area (Å²) < 4.78 is 31.7. The van der Waals surface area contributed by atoms with E-state index in [0.29, 0.717) is 17.2 Å². The van der Waals surface area contributed by atoms with E-state index >= 15 is 0 Å². The van der Waals surface area contributed by atoms with Gasteiger partial charge in [-0.15, -0.1) is 0 Å². The predicted molar refractivity (Wildman–Crippen MR) is 70.2 cm³/mol. The van der Waals surface area contributed by atoms with Crippen LogP contribution in [0.3, 0.4) is 0 Å². The van der Waals surface area contributed by atoms with Gasteiger partial charge in [0.2, 0.25) is 10.0 Å². The molecule has 1 aliphatic heterocycles. The van der Waals surface area contributed by atoms with Crippen LogP contribution in [0.1, 0.15) is 26.2 Å². The predicted octanol–water partition coefficient (Wildman–Crippen LogP) is 2.26. The summed E-state index contributed by atoms with van der Waals surface area (Å²) in [5.74, 6) is 0.669. The van der Waals surface area contributed by atoms with Crippen LogP contribution in [0.4, 0.5) is 0 Å². The molecule has 0 amide bonds. The van der Waals surface area contributed by atoms with Gasteiger partial charge in [-0.1, -0.05) is 6.92 Å². The minimum atomic E-state index is -3.35. The lowest BCUT2D eigenvalue weighted by molar-refractivity contribution is 0.379. The van der Waals surface area contributed by atoms with E-state index in [1.54, 1.807) is 35.7 Å². The lowest BCUT2D eigenvalue weighted by atomic mass is 10.2. The summed E-state index contributed by atoms with van der Waals surface area (Å²) in [7, 11) is -1.78. The van der Waals surface area contributed by atoms with Gasteiger partial charge in [-0.2, -0.15) is 4.31 Å². The molecule has 4 nitrogen and oxygen atoms in total. The van der Waals surface area contributed by atoms with Crippen molar-refractivity contribution >= 4 is 10.0 Å². The van der Waals surface area contributed by atoms with Gasteiger partial charge in [-0.3, -0.25) is 0 Å². The summed E-state index contributed by atoms with van der Waals surface area (Å²) in [6, 6.07) is 6.74. The molecule has 2 rings (SSSR count). The summed E-state index contributed by atoms with van der Waals surface area (Å²) >= 11 is 0. The second-order valence-electron chi connectivity index (χ2n) is 4.50. The van der Waals surface area contributed by atoms with Gasteiger partial charge in [0.15, 0.2) is 0 Å². The van der Waals surface area contributed by atoms with Gasteiger partial charge in [0.1, 0.15) is 5.75 Å². The van der Waals surface area contributed by atoms with Crippen LogP contribution in [-0.2, 0) is 10.0 Å². The van der Waals surface area contributed by atoms with Crippen LogP contribution >= 0.6 is 0 Å². The number of sulfonamides is 1. The summed E-state index contributed by atoms with van der Waals surface area (Å²) in [5.41, 5.74) is 0. The van der Waals surface area contributed by atoms with E-state index in [1.165, 1.54) is 0 Å². The summed E-state index contributed by atoms with van der Waals surface area (Å²) in [6.45, 7) is 2.67. The largest absolute Gasteiger partial charge is 0.497 e.